The zero-order valence-corrected chi connectivity index (χ0v) is 10.5. The third-order valence-corrected chi connectivity index (χ3v) is 2.87. The lowest BCUT2D eigenvalue weighted by molar-refractivity contribution is 0.0940. The number of amides is 1. The Morgan fingerprint density at radius 3 is 3.28 bits per heavy atom. The molecule has 1 aromatic rings. The van der Waals surface area contributed by atoms with Crippen molar-refractivity contribution < 1.29 is 14.3 Å². The molecular weight excluding hydrogens is 232 g/mol. The van der Waals surface area contributed by atoms with E-state index in [9.17, 15) is 4.79 Å². The molecular formula is C13H18N2O3. The summed E-state index contributed by atoms with van der Waals surface area (Å²) in [6.45, 7) is 4.52. The fourth-order valence-electron chi connectivity index (χ4n) is 1.89. The predicted octanol–water partition coefficient (Wildman–Crippen LogP) is 1.25. The van der Waals surface area contributed by atoms with Gasteiger partial charge in [-0.2, -0.15) is 0 Å². The number of carbonyl (C=O) groups excluding carboxylic acids is 1. The smallest absolute Gasteiger partial charge is 0.256 e. The van der Waals surface area contributed by atoms with E-state index >= 15 is 0 Å². The minimum atomic E-state index is -0.140. The van der Waals surface area contributed by atoms with Gasteiger partial charge in [0.2, 0.25) is 5.88 Å². The molecule has 1 N–H and O–H groups in total. The zero-order valence-electron chi connectivity index (χ0n) is 10.5. The van der Waals surface area contributed by atoms with Gasteiger partial charge in [0.15, 0.2) is 0 Å². The lowest BCUT2D eigenvalue weighted by Gasteiger charge is -2.11. The molecule has 0 aromatic carbocycles. The van der Waals surface area contributed by atoms with Crippen LogP contribution >= 0.6 is 0 Å². The Kier molecular flexibility index (Phi) is 4.52. The van der Waals surface area contributed by atoms with E-state index in [1.807, 2.05) is 6.92 Å². The first-order chi connectivity index (χ1) is 8.81. The van der Waals surface area contributed by atoms with Gasteiger partial charge in [-0.05, 0) is 25.5 Å². The number of nitrogens with one attached hydrogen (secondary N) is 1. The molecule has 18 heavy (non-hydrogen) atoms. The highest BCUT2D eigenvalue weighted by atomic mass is 16.5. The number of pyridine rings is 1. The maximum atomic E-state index is 12.0. The topological polar surface area (TPSA) is 60.5 Å². The highest BCUT2D eigenvalue weighted by Crippen LogP contribution is 2.15. The van der Waals surface area contributed by atoms with Gasteiger partial charge < -0.3 is 14.8 Å². The van der Waals surface area contributed by atoms with Crippen molar-refractivity contribution in [1.29, 1.82) is 0 Å². The minimum Gasteiger partial charge on any atom is -0.477 e. The van der Waals surface area contributed by atoms with Crippen molar-refractivity contribution in [3.8, 4) is 5.88 Å². The van der Waals surface area contributed by atoms with Crippen LogP contribution in [0.25, 0.3) is 0 Å². The number of aromatic nitrogens is 1. The molecule has 5 nitrogen and oxygen atoms in total. The summed E-state index contributed by atoms with van der Waals surface area (Å²) in [4.78, 5) is 16.1. The van der Waals surface area contributed by atoms with Crippen LogP contribution in [-0.2, 0) is 4.74 Å². The molecule has 1 fully saturated rings. The van der Waals surface area contributed by atoms with Crippen molar-refractivity contribution in [2.45, 2.75) is 13.3 Å². The van der Waals surface area contributed by atoms with Gasteiger partial charge in [0.1, 0.15) is 5.56 Å². The van der Waals surface area contributed by atoms with E-state index in [2.05, 4.69) is 10.3 Å². The summed E-state index contributed by atoms with van der Waals surface area (Å²) in [5.74, 6) is 0.666. The van der Waals surface area contributed by atoms with Crippen LogP contribution in [-0.4, -0.2) is 37.3 Å². The highest BCUT2D eigenvalue weighted by Gasteiger charge is 2.18. The maximum Gasteiger partial charge on any atom is 0.256 e. The van der Waals surface area contributed by atoms with Crippen LogP contribution in [0.4, 0.5) is 0 Å². The van der Waals surface area contributed by atoms with Crippen LogP contribution in [0.3, 0.4) is 0 Å². The van der Waals surface area contributed by atoms with Crippen LogP contribution in [0, 0.1) is 5.92 Å². The van der Waals surface area contributed by atoms with Gasteiger partial charge in [-0.1, -0.05) is 0 Å². The molecule has 0 aliphatic carbocycles. The first-order valence-electron chi connectivity index (χ1n) is 6.25. The van der Waals surface area contributed by atoms with Gasteiger partial charge in [-0.3, -0.25) is 4.79 Å². The molecule has 5 heteroatoms. The first-order valence-corrected chi connectivity index (χ1v) is 6.25. The number of carbonyl (C=O) groups is 1. The van der Waals surface area contributed by atoms with E-state index in [4.69, 9.17) is 9.47 Å². The molecule has 0 bridgehead atoms. The number of ether oxygens (including phenoxy) is 2. The Balaban J connectivity index is 1.94. The second kappa shape index (κ2) is 6.35. The van der Waals surface area contributed by atoms with E-state index in [-0.39, 0.29) is 5.91 Å². The van der Waals surface area contributed by atoms with E-state index in [0.717, 1.165) is 19.6 Å². The molecule has 1 aromatic heterocycles. The molecule has 98 valence electrons. The van der Waals surface area contributed by atoms with Gasteiger partial charge in [-0.15, -0.1) is 0 Å². The average molecular weight is 250 g/mol. The molecule has 1 aliphatic heterocycles. The summed E-state index contributed by atoms with van der Waals surface area (Å²) in [6.07, 6.45) is 2.62. The van der Waals surface area contributed by atoms with Gasteiger partial charge in [0.05, 0.1) is 13.2 Å². The molecule has 0 radical (unpaired) electrons. The highest BCUT2D eigenvalue weighted by molar-refractivity contribution is 5.96. The Bertz CT molecular complexity index is 403. The van der Waals surface area contributed by atoms with E-state index in [0.29, 0.717) is 30.5 Å². The fraction of sp³-hybridized carbons (Fsp3) is 0.538. The molecule has 0 spiro atoms. The predicted molar refractivity (Wildman–Crippen MR) is 66.7 cm³/mol. The summed E-state index contributed by atoms with van der Waals surface area (Å²) in [6, 6.07) is 3.45. The summed E-state index contributed by atoms with van der Waals surface area (Å²) >= 11 is 0. The van der Waals surface area contributed by atoms with Crippen LogP contribution in [0.1, 0.15) is 23.7 Å². The normalized spacial score (nSPS) is 18.6. The van der Waals surface area contributed by atoms with Crippen LogP contribution < -0.4 is 10.1 Å². The molecule has 2 rings (SSSR count). The van der Waals surface area contributed by atoms with Crippen molar-refractivity contribution in [3.63, 3.8) is 0 Å². The molecule has 0 saturated carbocycles. The zero-order chi connectivity index (χ0) is 12.8. The first kappa shape index (κ1) is 12.8. The Morgan fingerprint density at radius 2 is 2.56 bits per heavy atom. The average Bonchev–Trinajstić information content (AvgIpc) is 2.90. The summed E-state index contributed by atoms with van der Waals surface area (Å²) in [5, 5.41) is 2.90. The molecule has 1 saturated heterocycles. The minimum absolute atomic E-state index is 0.140. The summed E-state index contributed by atoms with van der Waals surface area (Å²) < 4.78 is 10.6. The number of hydrogen-bond donors (Lipinski definition) is 1. The molecule has 0 unspecified atom stereocenters. The molecule has 1 atom stereocenters. The number of rotatable bonds is 5. The second-order valence-corrected chi connectivity index (χ2v) is 4.23. The molecule has 1 aliphatic rings. The number of hydrogen-bond acceptors (Lipinski definition) is 4. The Morgan fingerprint density at radius 1 is 1.67 bits per heavy atom. The van der Waals surface area contributed by atoms with Crippen LogP contribution in [0.15, 0.2) is 18.3 Å². The van der Waals surface area contributed by atoms with Crippen LogP contribution in [0.2, 0.25) is 0 Å². The van der Waals surface area contributed by atoms with Crippen molar-refractivity contribution in [1.82, 2.24) is 10.3 Å². The SMILES string of the molecule is CCOc1ncccc1C(=O)NC[C@H]1CCOC1. The lowest BCUT2D eigenvalue weighted by Crippen LogP contribution is -2.30. The standard InChI is InChI=1S/C13H18N2O3/c1-2-18-13-11(4-3-6-14-13)12(16)15-8-10-5-7-17-9-10/h3-4,6,10H,2,5,7-9H2,1H3,(H,15,16)/t10-/m1/s1. The summed E-state index contributed by atoms with van der Waals surface area (Å²) in [7, 11) is 0. The van der Waals surface area contributed by atoms with Gasteiger partial charge in [-0.25, -0.2) is 4.98 Å². The van der Waals surface area contributed by atoms with Crippen molar-refractivity contribution in [2.24, 2.45) is 5.92 Å². The van der Waals surface area contributed by atoms with E-state index in [1.165, 1.54) is 0 Å². The van der Waals surface area contributed by atoms with Crippen LogP contribution in [0.5, 0.6) is 5.88 Å². The lowest BCUT2D eigenvalue weighted by atomic mass is 10.1. The third kappa shape index (κ3) is 3.20. The van der Waals surface area contributed by atoms with Gasteiger partial charge in [0.25, 0.3) is 5.91 Å². The van der Waals surface area contributed by atoms with Crippen molar-refractivity contribution >= 4 is 5.91 Å². The second-order valence-electron chi connectivity index (χ2n) is 4.23. The van der Waals surface area contributed by atoms with Gasteiger partial charge >= 0.3 is 0 Å². The van der Waals surface area contributed by atoms with Crippen molar-refractivity contribution in [3.05, 3.63) is 23.9 Å². The molecule has 2 heterocycles. The maximum absolute atomic E-state index is 12.0. The Labute approximate surface area is 107 Å². The van der Waals surface area contributed by atoms with Gasteiger partial charge in [0, 0.05) is 25.3 Å². The number of nitrogens with zero attached hydrogens (tertiary/aromatic N) is 1. The summed E-state index contributed by atoms with van der Waals surface area (Å²) in [5.41, 5.74) is 0.485. The fourth-order valence-corrected chi connectivity index (χ4v) is 1.89. The largest absolute Gasteiger partial charge is 0.477 e. The Hall–Kier alpha value is -1.62. The van der Waals surface area contributed by atoms with E-state index in [1.54, 1.807) is 18.3 Å². The third-order valence-electron chi connectivity index (χ3n) is 2.87. The monoisotopic (exact) mass is 250 g/mol. The quantitative estimate of drug-likeness (QED) is 0.854. The molecule has 1 amide bonds. The van der Waals surface area contributed by atoms with E-state index < -0.39 is 0 Å². The van der Waals surface area contributed by atoms with Crippen molar-refractivity contribution in [2.75, 3.05) is 26.4 Å².